The van der Waals surface area contributed by atoms with Crippen molar-refractivity contribution in [2.24, 2.45) is 5.41 Å². The van der Waals surface area contributed by atoms with E-state index < -0.39 is 0 Å². The molecule has 6 heteroatoms. The number of epoxide rings is 1. The van der Waals surface area contributed by atoms with E-state index in [4.69, 9.17) is 4.74 Å². The van der Waals surface area contributed by atoms with Crippen molar-refractivity contribution in [3.05, 3.63) is 82.7 Å². The van der Waals surface area contributed by atoms with Crippen molar-refractivity contribution < 1.29 is 9.13 Å². The topological polar surface area (TPSA) is 67.0 Å². The number of pyridine rings is 1. The van der Waals surface area contributed by atoms with E-state index in [-0.39, 0.29) is 22.9 Å². The Morgan fingerprint density at radius 2 is 2.23 bits per heavy atom. The fourth-order valence-corrected chi connectivity index (χ4v) is 5.71. The number of nitriles is 1. The lowest BCUT2D eigenvalue weighted by atomic mass is 9.68. The third-order valence-corrected chi connectivity index (χ3v) is 7.45. The summed E-state index contributed by atoms with van der Waals surface area (Å²) < 4.78 is 21.9. The lowest BCUT2D eigenvalue weighted by Crippen LogP contribution is -2.37. The number of hydrogen-bond donors (Lipinski definition) is 0. The first-order valence-corrected chi connectivity index (χ1v) is 10.6. The minimum atomic E-state index is -0.379. The Morgan fingerprint density at radius 1 is 1.32 bits per heavy atom. The van der Waals surface area contributed by atoms with Gasteiger partial charge in [0.1, 0.15) is 11.4 Å². The van der Waals surface area contributed by atoms with E-state index in [1.807, 2.05) is 29.2 Å². The molecule has 3 aliphatic rings. The van der Waals surface area contributed by atoms with Gasteiger partial charge in [-0.15, -0.1) is 0 Å². The van der Waals surface area contributed by atoms with Crippen molar-refractivity contribution in [3.63, 3.8) is 0 Å². The molecular formula is C25H21FN4O. The number of hydrogen-bond acceptors (Lipinski definition) is 4. The molecule has 1 saturated heterocycles. The number of rotatable bonds is 3. The average Bonchev–Trinajstić information content (AvgIpc) is 3.23. The molecule has 1 unspecified atom stereocenters. The maximum absolute atomic E-state index is 13.5. The summed E-state index contributed by atoms with van der Waals surface area (Å²) in [7, 11) is 0. The van der Waals surface area contributed by atoms with Crippen LogP contribution in [0.5, 0.6) is 0 Å². The van der Waals surface area contributed by atoms with E-state index in [1.165, 1.54) is 23.3 Å². The highest BCUT2D eigenvalue weighted by Gasteiger charge is 2.70. The van der Waals surface area contributed by atoms with Crippen LogP contribution in [0.25, 0.3) is 11.8 Å². The molecule has 1 aromatic carbocycles. The average molecular weight is 412 g/mol. The van der Waals surface area contributed by atoms with Gasteiger partial charge in [0.15, 0.2) is 0 Å². The molecule has 1 aliphatic heterocycles. The predicted molar refractivity (Wildman–Crippen MR) is 113 cm³/mol. The van der Waals surface area contributed by atoms with Gasteiger partial charge in [-0.05, 0) is 60.7 Å². The number of halogens is 1. The highest BCUT2D eigenvalue weighted by atomic mass is 19.1. The van der Waals surface area contributed by atoms with Crippen molar-refractivity contribution in [2.75, 3.05) is 0 Å². The summed E-state index contributed by atoms with van der Waals surface area (Å²) in [6.07, 6.45) is 11.3. The second-order valence-corrected chi connectivity index (χ2v) is 8.97. The zero-order valence-corrected chi connectivity index (χ0v) is 17.2. The van der Waals surface area contributed by atoms with Crippen molar-refractivity contribution in [3.8, 4) is 11.8 Å². The molecule has 0 amide bonds. The van der Waals surface area contributed by atoms with Gasteiger partial charge in [-0.2, -0.15) is 10.4 Å². The molecule has 154 valence electrons. The first-order valence-electron chi connectivity index (χ1n) is 10.6. The summed E-state index contributed by atoms with van der Waals surface area (Å²) in [6, 6.07) is 10.5. The van der Waals surface area contributed by atoms with Gasteiger partial charge in [0.25, 0.3) is 0 Å². The van der Waals surface area contributed by atoms with Crippen LogP contribution < -0.4 is 0 Å². The Bertz CT molecular complexity index is 1270. The Labute approximate surface area is 179 Å². The van der Waals surface area contributed by atoms with Crippen LogP contribution in [0.4, 0.5) is 4.39 Å². The lowest BCUT2D eigenvalue weighted by molar-refractivity contribution is 0.178. The quantitative estimate of drug-likeness (QED) is 0.598. The monoisotopic (exact) mass is 412 g/mol. The molecule has 2 aromatic heterocycles. The fraction of sp³-hybridized carbons (Fsp3) is 0.320. The van der Waals surface area contributed by atoms with Crippen LogP contribution in [0, 0.1) is 22.6 Å². The molecule has 3 heterocycles. The number of nitrogens with zero attached hydrogens (tertiary/aromatic N) is 4. The summed E-state index contributed by atoms with van der Waals surface area (Å²) in [5.41, 5.74) is 5.62. The van der Waals surface area contributed by atoms with Crippen LogP contribution in [-0.4, -0.2) is 26.5 Å². The second-order valence-electron chi connectivity index (χ2n) is 8.97. The molecule has 1 spiro atoms. The van der Waals surface area contributed by atoms with Crippen molar-refractivity contribution in [1.29, 1.82) is 5.26 Å². The zero-order valence-electron chi connectivity index (χ0n) is 17.2. The van der Waals surface area contributed by atoms with Crippen LogP contribution in [0.3, 0.4) is 0 Å². The summed E-state index contributed by atoms with van der Waals surface area (Å²) in [6.45, 7) is 2.30. The molecule has 6 rings (SSSR count). The number of ether oxygens (including phenoxy) is 1. The Balaban J connectivity index is 1.31. The normalized spacial score (nSPS) is 28.0. The van der Waals surface area contributed by atoms with Crippen LogP contribution in [0.1, 0.15) is 42.1 Å². The Hall–Kier alpha value is -3.30. The van der Waals surface area contributed by atoms with E-state index in [1.54, 1.807) is 12.3 Å². The summed E-state index contributed by atoms with van der Waals surface area (Å²) in [5.74, 6) is -0.379. The van der Waals surface area contributed by atoms with Gasteiger partial charge in [0.2, 0.25) is 0 Å². The Kier molecular flexibility index (Phi) is 3.78. The SMILES string of the molecule is C[C@]12Cc3cnn(-c4cccnc4)c3C=C1CC[C@]21OC1Cc1ccc(F)cc1C#N. The second kappa shape index (κ2) is 6.35. The molecule has 3 atom stereocenters. The van der Waals surface area contributed by atoms with Gasteiger partial charge in [0.05, 0.1) is 41.5 Å². The molecule has 2 fully saturated rings. The smallest absolute Gasteiger partial charge is 0.124 e. The van der Waals surface area contributed by atoms with E-state index in [0.29, 0.717) is 12.0 Å². The van der Waals surface area contributed by atoms with Crippen molar-refractivity contribution in [2.45, 2.75) is 44.3 Å². The lowest BCUT2D eigenvalue weighted by Gasteiger charge is -2.34. The molecule has 0 radical (unpaired) electrons. The van der Waals surface area contributed by atoms with E-state index in [9.17, 15) is 9.65 Å². The molecular weight excluding hydrogens is 391 g/mol. The van der Waals surface area contributed by atoms with Gasteiger partial charge in [-0.3, -0.25) is 4.98 Å². The van der Waals surface area contributed by atoms with Crippen LogP contribution in [0.15, 0.2) is 54.5 Å². The minimum absolute atomic E-state index is 0.0379. The number of aromatic nitrogens is 3. The molecule has 2 aliphatic carbocycles. The summed E-state index contributed by atoms with van der Waals surface area (Å²) in [5, 5.41) is 14.0. The molecule has 3 aromatic rings. The molecule has 5 nitrogen and oxygen atoms in total. The number of benzene rings is 1. The van der Waals surface area contributed by atoms with Crippen molar-refractivity contribution >= 4 is 6.08 Å². The van der Waals surface area contributed by atoms with Gasteiger partial charge >= 0.3 is 0 Å². The van der Waals surface area contributed by atoms with Gasteiger partial charge in [-0.25, -0.2) is 9.07 Å². The fourth-order valence-electron chi connectivity index (χ4n) is 5.71. The zero-order chi connectivity index (χ0) is 21.2. The van der Waals surface area contributed by atoms with Gasteiger partial charge < -0.3 is 4.74 Å². The highest BCUT2D eigenvalue weighted by Crippen LogP contribution is 2.66. The van der Waals surface area contributed by atoms with E-state index in [0.717, 1.165) is 36.2 Å². The standard InChI is InChI=1S/C25H21FN4O/c1-24-12-18-14-29-30(21-3-2-8-28-15-21)22(18)11-19(24)6-7-25(24)23(31-25)10-16-4-5-20(26)9-17(16)13-27/h2-5,8-9,11,14-15,23H,6-7,10,12H2,1H3/t23?,24-,25+/m0/s1. The summed E-state index contributed by atoms with van der Waals surface area (Å²) in [4.78, 5) is 4.22. The molecule has 0 bridgehead atoms. The van der Waals surface area contributed by atoms with E-state index >= 15 is 0 Å². The Morgan fingerprint density at radius 3 is 3.03 bits per heavy atom. The van der Waals surface area contributed by atoms with Crippen LogP contribution in [0.2, 0.25) is 0 Å². The van der Waals surface area contributed by atoms with Gasteiger partial charge in [0, 0.05) is 18.0 Å². The maximum Gasteiger partial charge on any atom is 0.124 e. The third kappa shape index (κ3) is 2.56. The minimum Gasteiger partial charge on any atom is -0.365 e. The maximum atomic E-state index is 13.5. The molecule has 31 heavy (non-hydrogen) atoms. The predicted octanol–water partition coefficient (Wildman–Crippen LogP) is 4.40. The molecule has 1 saturated carbocycles. The first kappa shape index (κ1) is 18.5. The number of fused-ring (bicyclic) bond motifs is 3. The molecule has 0 N–H and O–H groups in total. The third-order valence-electron chi connectivity index (χ3n) is 7.45. The largest absolute Gasteiger partial charge is 0.365 e. The first-order chi connectivity index (χ1) is 15.0. The van der Waals surface area contributed by atoms with Crippen LogP contribution >= 0.6 is 0 Å². The highest BCUT2D eigenvalue weighted by molar-refractivity contribution is 5.63. The van der Waals surface area contributed by atoms with E-state index in [2.05, 4.69) is 29.2 Å². The van der Waals surface area contributed by atoms with Crippen LogP contribution in [-0.2, 0) is 17.6 Å². The summed E-state index contributed by atoms with van der Waals surface area (Å²) >= 11 is 0. The van der Waals surface area contributed by atoms with Gasteiger partial charge in [-0.1, -0.05) is 18.6 Å². The van der Waals surface area contributed by atoms with Crippen molar-refractivity contribution in [1.82, 2.24) is 14.8 Å².